The molecule has 0 bridgehead atoms. The van der Waals surface area contributed by atoms with Gasteiger partial charge in [0.15, 0.2) is 0 Å². The van der Waals surface area contributed by atoms with Gasteiger partial charge in [0.1, 0.15) is 17.9 Å². The molecular formula is C16H20N6O. The normalized spacial score (nSPS) is 20.9. The highest BCUT2D eigenvalue weighted by atomic mass is 16.5. The van der Waals surface area contributed by atoms with Gasteiger partial charge in [-0.2, -0.15) is 10.4 Å². The minimum absolute atomic E-state index is 0.0258. The molecule has 1 saturated heterocycles. The Hall–Kier alpha value is -2.46. The third kappa shape index (κ3) is 3.48. The zero-order valence-electron chi connectivity index (χ0n) is 13.1. The smallest absolute Gasteiger partial charge is 0.223 e. The fourth-order valence-electron chi connectivity index (χ4n) is 2.96. The fraction of sp³-hybridized carbons (Fsp3) is 0.500. The molecule has 2 aromatic rings. The summed E-state index contributed by atoms with van der Waals surface area (Å²) in [5.74, 6) is 0.803. The lowest BCUT2D eigenvalue weighted by molar-refractivity contribution is -0.0288. The second-order valence-corrected chi connectivity index (χ2v) is 5.52. The Kier molecular flexibility index (Phi) is 4.83. The van der Waals surface area contributed by atoms with E-state index in [0.29, 0.717) is 24.1 Å². The van der Waals surface area contributed by atoms with Gasteiger partial charge < -0.3 is 10.1 Å². The summed E-state index contributed by atoms with van der Waals surface area (Å²) in [6, 6.07) is 5.65. The summed E-state index contributed by atoms with van der Waals surface area (Å²) in [5.41, 5.74) is 1.48. The highest BCUT2D eigenvalue weighted by molar-refractivity contribution is 5.30. The van der Waals surface area contributed by atoms with Gasteiger partial charge in [-0.1, -0.05) is 0 Å². The van der Waals surface area contributed by atoms with Gasteiger partial charge in [0, 0.05) is 38.0 Å². The molecule has 7 nitrogen and oxygen atoms in total. The van der Waals surface area contributed by atoms with Crippen LogP contribution in [0.1, 0.15) is 37.3 Å². The molecule has 1 N–H and O–H groups in total. The van der Waals surface area contributed by atoms with Crippen molar-refractivity contribution in [1.82, 2.24) is 19.7 Å². The van der Waals surface area contributed by atoms with Crippen molar-refractivity contribution in [3.63, 3.8) is 0 Å². The van der Waals surface area contributed by atoms with E-state index in [1.54, 1.807) is 12.3 Å². The molecule has 0 radical (unpaired) electrons. The molecule has 23 heavy (non-hydrogen) atoms. The predicted octanol–water partition coefficient (Wildman–Crippen LogP) is 2.14. The van der Waals surface area contributed by atoms with E-state index in [9.17, 15) is 0 Å². The Bertz CT molecular complexity index is 692. The molecule has 0 aliphatic carbocycles. The fourth-order valence-corrected chi connectivity index (χ4v) is 2.96. The van der Waals surface area contributed by atoms with Crippen molar-refractivity contribution >= 4 is 5.95 Å². The first-order chi connectivity index (χ1) is 11.3. The van der Waals surface area contributed by atoms with E-state index in [1.807, 2.05) is 23.0 Å². The molecule has 3 heterocycles. The molecule has 2 aromatic heterocycles. The lowest BCUT2D eigenvalue weighted by Gasteiger charge is -2.32. The summed E-state index contributed by atoms with van der Waals surface area (Å²) in [7, 11) is 0. The molecule has 0 amide bonds. The molecule has 7 heteroatoms. The number of anilines is 1. The molecule has 120 valence electrons. The zero-order chi connectivity index (χ0) is 16.1. The van der Waals surface area contributed by atoms with Crippen molar-refractivity contribution in [3.8, 4) is 6.07 Å². The van der Waals surface area contributed by atoms with Crippen LogP contribution in [0, 0.1) is 17.2 Å². The van der Waals surface area contributed by atoms with E-state index < -0.39 is 0 Å². The van der Waals surface area contributed by atoms with Gasteiger partial charge in [-0.3, -0.25) is 4.68 Å². The SMILES string of the molecule is CCn1nccc1[C@@H]1OCCC[C@H]1CNc1nccc(C#N)n1. The van der Waals surface area contributed by atoms with Crippen LogP contribution in [0.3, 0.4) is 0 Å². The zero-order valence-corrected chi connectivity index (χ0v) is 13.1. The first-order valence-corrected chi connectivity index (χ1v) is 7.92. The van der Waals surface area contributed by atoms with Crippen LogP contribution in [-0.2, 0) is 11.3 Å². The van der Waals surface area contributed by atoms with E-state index in [4.69, 9.17) is 10.00 Å². The molecule has 1 aliphatic rings. The molecule has 1 fully saturated rings. The van der Waals surface area contributed by atoms with E-state index in [2.05, 4.69) is 27.3 Å². The van der Waals surface area contributed by atoms with Gasteiger partial charge in [0.25, 0.3) is 0 Å². The van der Waals surface area contributed by atoms with Crippen LogP contribution < -0.4 is 5.32 Å². The molecule has 3 rings (SSSR count). The van der Waals surface area contributed by atoms with Crippen LogP contribution in [0.4, 0.5) is 5.95 Å². The second kappa shape index (κ2) is 7.20. The van der Waals surface area contributed by atoms with Crippen LogP contribution >= 0.6 is 0 Å². The van der Waals surface area contributed by atoms with Gasteiger partial charge in [-0.05, 0) is 31.9 Å². The van der Waals surface area contributed by atoms with Crippen molar-refractivity contribution in [2.45, 2.75) is 32.4 Å². The summed E-state index contributed by atoms with van der Waals surface area (Å²) in [6.07, 6.45) is 5.56. The van der Waals surface area contributed by atoms with Crippen LogP contribution in [0.2, 0.25) is 0 Å². The molecule has 0 aromatic carbocycles. The molecule has 0 saturated carbocycles. The number of nitrogens with zero attached hydrogens (tertiary/aromatic N) is 5. The number of aromatic nitrogens is 4. The average Bonchev–Trinajstić information content (AvgIpc) is 3.09. The maximum absolute atomic E-state index is 8.91. The molecule has 0 unspecified atom stereocenters. The van der Waals surface area contributed by atoms with Crippen molar-refractivity contribution in [3.05, 3.63) is 35.9 Å². The molecular weight excluding hydrogens is 292 g/mol. The number of hydrogen-bond donors (Lipinski definition) is 1. The summed E-state index contributed by atoms with van der Waals surface area (Å²) >= 11 is 0. The molecule has 0 spiro atoms. The Balaban J connectivity index is 1.71. The lowest BCUT2D eigenvalue weighted by atomic mass is 9.92. The monoisotopic (exact) mass is 312 g/mol. The Morgan fingerprint density at radius 1 is 1.43 bits per heavy atom. The minimum Gasteiger partial charge on any atom is -0.372 e. The Morgan fingerprint density at radius 2 is 2.35 bits per heavy atom. The third-order valence-corrected chi connectivity index (χ3v) is 4.08. The van der Waals surface area contributed by atoms with E-state index in [1.165, 1.54) is 0 Å². The minimum atomic E-state index is 0.0258. The third-order valence-electron chi connectivity index (χ3n) is 4.08. The number of ether oxygens (including phenoxy) is 1. The lowest BCUT2D eigenvalue weighted by Crippen LogP contribution is -2.30. The number of nitriles is 1. The van der Waals surface area contributed by atoms with Crippen LogP contribution in [0.5, 0.6) is 0 Å². The maximum atomic E-state index is 8.91. The number of hydrogen-bond acceptors (Lipinski definition) is 6. The molecule has 1 aliphatic heterocycles. The van der Waals surface area contributed by atoms with Gasteiger partial charge in [0.2, 0.25) is 5.95 Å². The largest absolute Gasteiger partial charge is 0.372 e. The highest BCUT2D eigenvalue weighted by Gasteiger charge is 2.29. The van der Waals surface area contributed by atoms with Gasteiger partial charge in [0.05, 0.1) is 5.69 Å². The number of aryl methyl sites for hydroxylation is 1. The van der Waals surface area contributed by atoms with Crippen molar-refractivity contribution in [1.29, 1.82) is 5.26 Å². The van der Waals surface area contributed by atoms with E-state index in [-0.39, 0.29) is 6.10 Å². The first-order valence-electron chi connectivity index (χ1n) is 7.92. The van der Waals surface area contributed by atoms with Crippen molar-refractivity contribution in [2.24, 2.45) is 5.92 Å². The Labute approximate surface area is 135 Å². The van der Waals surface area contributed by atoms with Crippen LogP contribution in [0.15, 0.2) is 24.5 Å². The second-order valence-electron chi connectivity index (χ2n) is 5.52. The van der Waals surface area contributed by atoms with Crippen molar-refractivity contribution < 1.29 is 4.74 Å². The predicted molar refractivity (Wildman–Crippen MR) is 84.6 cm³/mol. The number of rotatable bonds is 5. The van der Waals surface area contributed by atoms with Crippen molar-refractivity contribution in [2.75, 3.05) is 18.5 Å². The van der Waals surface area contributed by atoms with Crippen LogP contribution in [0.25, 0.3) is 0 Å². The summed E-state index contributed by atoms with van der Waals surface area (Å²) in [6.45, 7) is 4.38. The quantitative estimate of drug-likeness (QED) is 0.910. The van der Waals surface area contributed by atoms with Crippen LogP contribution in [-0.4, -0.2) is 32.9 Å². The topological polar surface area (TPSA) is 88.6 Å². The van der Waals surface area contributed by atoms with E-state index in [0.717, 1.165) is 31.7 Å². The molecule has 2 atom stereocenters. The standard InChI is InChI=1S/C16H20N6O/c1-2-22-14(6-8-20-22)15-12(4-3-9-23-15)11-19-16-18-7-5-13(10-17)21-16/h5-8,12,15H,2-4,9,11H2,1H3,(H,18,19,21)/t12-,15+/m0/s1. The average molecular weight is 312 g/mol. The van der Waals surface area contributed by atoms with Gasteiger partial charge in [-0.25, -0.2) is 9.97 Å². The highest BCUT2D eigenvalue weighted by Crippen LogP contribution is 2.33. The van der Waals surface area contributed by atoms with E-state index >= 15 is 0 Å². The number of nitrogens with one attached hydrogen (secondary N) is 1. The van der Waals surface area contributed by atoms with Gasteiger partial charge >= 0.3 is 0 Å². The summed E-state index contributed by atoms with van der Waals surface area (Å²) in [5, 5.41) is 16.5. The maximum Gasteiger partial charge on any atom is 0.223 e. The first kappa shape index (κ1) is 15.4. The summed E-state index contributed by atoms with van der Waals surface area (Å²) < 4.78 is 8.00. The summed E-state index contributed by atoms with van der Waals surface area (Å²) in [4.78, 5) is 8.32. The Morgan fingerprint density at radius 3 is 3.17 bits per heavy atom. The van der Waals surface area contributed by atoms with Gasteiger partial charge in [-0.15, -0.1) is 0 Å².